The molecule has 2 aromatic carbocycles. The van der Waals surface area contributed by atoms with E-state index in [4.69, 9.17) is 18.6 Å². The Morgan fingerprint density at radius 1 is 1.03 bits per heavy atom. The Morgan fingerprint density at radius 3 is 2.07 bits per heavy atom. The number of rotatable bonds is 2. The zero-order valence-corrected chi connectivity index (χ0v) is 16.8. The summed E-state index contributed by atoms with van der Waals surface area (Å²) < 4.78 is 32.7. The third-order valence-corrected chi connectivity index (χ3v) is 5.15. The van der Waals surface area contributed by atoms with Gasteiger partial charge in [-0.1, -0.05) is 38.1 Å². The standard InChI is InChI=1S/C20H18N2O2.ClHO4/c1-12-20(2,3)16-10-13(8-9-17(16)21-12)11-22-18(23)14-6-4-5-7-15(14)19(22)24;2-1(3,4)5/h4-10H,11H2,1-3H3;(H,2,3,4,5). The van der Waals surface area contributed by atoms with E-state index in [1.54, 1.807) is 24.3 Å². The van der Waals surface area contributed by atoms with Gasteiger partial charge in [-0.3, -0.25) is 19.5 Å². The largest absolute Gasteiger partial charge is 0.270 e. The van der Waals surface area contributed by atoms with Crippen LogP contribution in [0.5, 0.6) is 0 Å². The van der Waals surface area contributed by atoms with Crippen molar-refractivity contribution >= 4 is 23.2 Å². The molecule has 0 saturated heterocycles. The van der Waals surface area contributed by atoms with Crippen LogP contribution in [0.2, 0.25) is 0 Å². The molecule has 2 heterocycles. The SMILES string of the molecule is CC1=Nc2ccc(CN3C(=O)c4ccccc4C3=O)cc2C1(C)C.[O-][Cl+3]([O-])([O-])O. The van der Waals surface area contributed by atoms with Crippen LogP contribution in [0.3, 0.4) is 0 Å². The van der Waals surface area contributed by atoms with E-state index in [0.717, 1.165) is 22.5 Å². The van der Waals surface area contributed by atoms with Crippen molar-refractivity contribution in [3.63, 3.8) is 0 Å². The molecule has 9 heteroatoms. The Hall–Kier alpha value is -2.62. The third-order valence-electron chi connectivity index (χ3n) is 5.15. The van der Waals surface area contributed by atoms with E-state index in [2.05, 4.69) is 24.9 Å². The summed E-state index contributed by atoms with van der Waals surface area (Å²) in [5, 5.41) is 0. The first-order valence-corrected chi connectivity index (χ1v) is 9.93. The van der Waals surface area contributed by atoms with Crippen LogP contribution in [0, 0.1) is 10.2 Å². The van der Waals surface area contributed by atoms with Crippen LogP contribution >= 0.6 is 0 Å². The number of aliphatic imine (C=N–C) groups is 1. The zero-order chi connectivity index (χ0) is 21.6. The number of imide groups is 1. The Balaban J connectivity index is 0.000000431. The highest BCUT2D eigenvalue weighted by atomic mass is 35.7. The van der Waals surface area contributed by atoms with Crippen LogP contribution in [0.1, 0.15) is 52.6 Å². The summed E-state index contributed by atoms with van der Waals surface area (Å²) in [5.74, 6) is -0.439. The fourth-order valence-electron chi connectivity index (χ4n) is 3.36. The first-order chi connectivity index (χ1) is 13.4. The van der Waals surface area contributed by atoms with Crippen LogP contribution in [0.4, 0.5) is 5.69 Å². The van der Waals surface area contributed by atoms with Gasteiger partial charge in [-0.2, -0.15) is 14.0 Å². The molecule has 2 aliphatic rings. The van der Waals surface area contributed by atoms with E-state index in [-0.39, 0.29) is 23.8 Å². The summed E-state index contributed by atoms with van der Waals surface area (Å²) in [7, 11) is -4.69. The van der Waals surface area contributed by atoms with Crippen molar-refractivity contribution in [1.29, 1.82) is 0 Å². The number of carbonyl (C=O) groups excluding carboxylic acids is 2. The number of hydrogen-bond donors (Lipinski definition) is 1. The van der Waals surface area contributed by atoms with Gasteiger partial charge in [0.05, 0.1) is 38.3 Å². The molecular weight excluding hydrogens is 400 g/mol. The Kier molecular flexibility index (Phi) is 5.33. The number of benzene rings is 2. The third kappa shape index (κ3) is 4.21. The molecule has 29 heavy (non-hydrogen) atoms. The van der Waals surface area contributed by atoms with Crippen molar-refractivity contribution in [2.45, 2.75) is 32.7 Å². The molecule has 0 atom stereocenters. The lowest BCUT2D eigenvalue weighted by Gasteiger charge is -2.21. The fraction of sp³-hybridized carbons (Fsp3) is 0.250. The topological polar surface area (TPSA) is 139 Å². The number of fused-ring (bicyclic) bond motifs is 2. The van der Waals surface area contributed by atoms with Crippen LogP contribution in [-0.2, 0) is 12.0 Å². The molecule has 0 unspecified atom stereocenters. The second-order valence-electron chi connectivity index (χ2n) is 7.31. The molecule has 0 radical (unpaired) electrons. The molecule has 0 fully saturated rings. The van der Waals surface area contributed by atoms with Gasteiger partial charge in [-0.05, 0) is 36.2 Å². The summed E-state index contributed by atoms with van der Waals surface area (Å²) in [6, 6.07) is 13.0. The quantitative estimate of drug-likeness (QED) is 0.666. The van der Waals surface area contributed by atoms with Crippen molar-refractivity contribution in [2.24, 2.45) is 4.99 Å². The normalized spacial score (nSPS) is 16.8. The highest BCUT2D eigenvalue weighted by Gasteiger charge is 2.36. The highest BCUT2D eigenvalue weighted by molar-refractivity contribution is 6.21. The number of nitrogens with zero attached hydrogens (tertiary/aromatic N) is 2. The fourth-order valence-corrected chi connectivity index (χ4v) is 3.36. The van der Waals surface area contributed by atoms with Crippen molar-refractivity contribution in [2.75, 3.05) is 0 Å². The lowest BCUT2D eigenvalue weighted by molar-refractivity contribution is -1.92. The monoisotopic (exact) mass is 418 g/mol. The van der Waals surface area contributed by atoms with Crippen molar-refractivity contribution < 1.29 is 38.5 Å². The molecule has 4 rings (SSSR count). The maximum Gasteiger partial charge on any atom is 0.261 e. The number of hydrogen-bond acceptors (Lipinski definition) is 7. The van der Waals surface area contributed by atoms with Gasteiger partial charge in [0, 0.05) is 11.1 Å². The maximum absolute atomic E-state index is 12.5. The van der Waals surface area contributed by atoms with Gasteiger partial charge in [0.15, 0.2) is 0 Å². The van der Waals surface area contributed by atoms with Gasteiger partial charge in [0.2, 0.25) is 0 Å². The summed E-state index contributed by atoms with van der Waals surface area (Å²) >= 11 is 0. The molecule has 8 nitrogen and oxygen atoms in total. The van der Waals surface area contributed by atoms with Crippen molar-refractivity contribution in [3.05, 3.63) is 64.7 Å². The first-order valence-electron chi connectivity index (χ1n) is 8.67. The van der Waals surface area contributed by atoms with Gasteiger partial charge >= 0.3 is 0 Å². The van der Waals surface area contributed by atoms with Crippen LogP contribution in [0.25, 0.3) is 0 Å². The Morgan fingerprint density at radius 2 is 1.55 bits per heavy atom. The smallest absolute Gasteiger partial charge is 0.261 e. The van der Waals surface area contributed by atoms with E-state index >= 15 is 0 Å². The second-order valence-corrected chi connectivity index (χ2v) is 8.10. The minimum Gasteiger partial charge on any atom is -0.270 e. The van der Waals surface area contributed by atoms with Gasteiger partial charge in [0.25, 0.3) is 11.8 Å². The average Bonchev–Trinajstić information content (AvgIpc) is 3.00. The van der Waals surface area contributed by atoms with Crippen LogP contribution in [0.15, 0.2) is 47.5 Å². The Bertz CT molecular complexity index is 985. The molecule has 0 spiro atoms. The maximum atomic E-state index is 12.5. The lowest BCUT2D eigenvalue weighted by atomic mass is 9.81. The zero-order valence-electron chi connectivity index (χ0n) is 16.0. The molecule has 2 aromatic rings. The van der Waals surface area contributed by atoms with Crippen LogP contribution in [-0.4, -0.2) is 27.1 Å². The van der Waals surface area contributed by atoms with Gasteiger partial charge in [0.1, 0.15) is 0 Å². The van der Waals surface area contributed by atoms with Gasteiger partial charge in [-0.25, -0.2) is 0 Å². The predicted molar refractivity (Wildman–Crippen MR) is 95.1 cm³/mol. The second kappa shape index (κ2) is 7.33. The van der Waals surface area contributed by atoms with E-state index in [9.17, 15) is 9.59 Å². The lowest BCUT2D eigenvalue weighted by Crippen LogP contribution is -2.58. The molecular formula is C20H19ClN2O6. The van der Waals surface area contributed by atoms with E-state index in [1.165, 1.54) is 4.90 Å². The molecule has 2 amide bonds. The van der Waals surface area contributed by atoms with Crippen molar-refractivity contribution in [1.82, 2.24) is 4.90 Å². The molecule has 0 saturated carbocycles. The molecule has 0 aromatic heterocycles. The van der Waals surface area contributed by atoms with Crippen molar-refractivity contribution in [3.8, 4) is 0 Å². The highest BCUT2D eigenvalue weighted by Crippen LogP contribution is 2.40. The van der Waals surface area contributed by atoms with Gasteiger partial charge < -0.3 is 0 Å². The summed E-state index contributed by atoms with van der Waals surface area (Å²) in [4.78, 5) is 30.9. The number of carbonyl (C=O) groups is 2. The minimum absolute atomic E-state index is 0.118. The molecule has 0 bridgehead atoms. The number of halogens is 1. The molecule has 1 N–H and O–H groups in total. The molecule has 0 aliphatic carbocycles. The van der Waals surface area contributed by atoms with E-state index < -0.39 is 10.2 Å². The summed E-state index contributed by atoms with van der Waals surface area (Å²) in [5.41, 5.74) is 5.01. The molecule has 152 valence electrons. The van der Waals surface area contributed by atoms with Gasteiger partial charge in [-0.15, -0.1) is 0 Å². The Labute approximate surface area is 169 Å². The minimum atomic E-state index is -4.69. The summed E-state index contributed by atoms with van der Waals surface area (Å²) in [6.07, 6.45) is 0. The predicted octanol–water partition coefficient (Wildman–Crippen LogP) is -0.258. The summed E-state index contributed by atoms with van der Waals surface area (Å²) in [6.45, 7) is 6.60. The van der Waals surface area contributed by atoms with E-state index in [0.29, 0.717) is 11.1 Å². The number of amides is 2. The molecule has 2 aliphatic heterocycles. The average molecular weight is 419 g/mol. The first kappa shape index (κ1) is 21.1. The van der Waals surface area contributed by atoms with E-state index in [1.807, 2.05) is 19.1 Å². The van der Waals surface area contributed by atoms with Crippen LogP contribution < -0.4 is 14.0 Å².